The Labute approximate surface area is 204 Å². The smallest absolute Gasteiger partial charge is 0.226 e. The van der Waals surface area contributed by atoms with Crippen LogP contribution in [0, 0.1) is 19.7 Å². The molecule has 34 heavy (non-hydrogen) atoms. The number of carbonyl (C=O) groups is 1. The van der Waals surface area contributed by atoms with E-state index in [9.17, 15) is 9.18 Å². The number of benzene rings is 1. The van der Waals surface area contributed by atoms with Gasteiger partial charge in [0.2, 0.25) is 5.91 Å². The predicted molar refractivity (Wildman–Crippen MR) is 134 cm³/mol. The highest BCUT2D eigenvalue weighted by molar-refractivity contribution is 7.80. The van der Waals surface area contributed by atoms with E-state index in [1.807, 2.05) is 18.2 Å². The Balaban J connectivity index is 1.40. The van der Waals surface area contributed by atoms with Crippen molar-refractivity contribution in [2.45, 2.75) is 51.2 Å². The van der Waals surface area contributed by atoms with Crippen LogP contribution in [0.15, 0.2) is 54.7 Å². The molecule has 0 radical (unpaired) electrons. The molecule has 1 saturated carbocycles. The first-order chi connectivity index (χ1) is 16.4. The van der Waals surface area contributed by atoms with Gasteiger partial charge < -0.3 is 20.1 Å². The maximum absolute atomic E-state index is 13.2. The zero-order chi connectivity index (χ0) is 23.8. The van der Waals surface area contributed by atoms with Gasteiger partial charge in [-0.3, -0.25) is 9.78 Å². The Morgan fingerprint density at radius 1 is 1.21 bits per heavy atom. The highest BCUT2D eigenvalue weighted by Gasteiger charge is 2.42. The summed E-state index contributed by atoms with van der Waals surface area (Å²) in [6.45, 7) is 4.79. The lowest BCUT2D eigenvalue weighted by Gasteiger charge is -2.28. The Morgan fingerprint density at radius 2 is 1.97 bits per heavy atom. The summed E-state index contributed by atoms with van der Waals surface area (Å²) in [4.78, 5) is 19.4. The third-order valence-corrected chi connectivity index (χ3v) is 7.01. The van der Waals surface area contributed by atoms with E-state index in [0.29, 0.717) is 23.4 Å². The number of hydrogen-bond acceptors (Lipinski definition) is 3. The number of carbonyl (C=O) groups excluding carboxylic acids is 1. The molecular formula is C26H28FN5OS. The van der Waals surface area contributed by atoms with Gasteiger partial charge >= 0.3 is 0 Å². The third kappa shape index (κ3) is 4.42. The number of pyridine rings is 1. The van der Waals surface area contributed by atoms with E-state index < -0.39 is 0 Å². The highest BCUT2D eigenvalue weighted by atomic mass is 32.1. The zero-order valence-corrected chi connectivity index (χ0v) is 20.1. The van der Waals surface area contributed by atoms with Gasteiger partial charge in [0.1, 0.15) is 5.82 Å². The first-order valence-corrected chi connectivity index (χ1v) is 12.0. The van der Waals surface area contributed by atoms with Gasteiger partial charge in [-0.05, 0) is 86.9 Å². The van der Waals surface area contributed by atoms with Crippen molar-refractivity contribution in [2.24, 2.45) is 0 Å². The summed E-state index contributed by atoms with van der Waals surface area (Å²) in [6.07, 6.45) is 4.48. The molecule has 2 atom stereocenters. The summed E-state index contributed by atoms with van der Waals surface area (Å²) >= 11 is 5.74. The van der Waals surface area contributed by atoms with Crippen molar-refractivity contribution < 1.29 is 9.18 Å². The average Bonchev–Trinajstić information content (AvgIpc) is 3.54. The van der Waals surface area contributed by atoms with Crippen LogP contribution in [0.2, 0.25) is 0 Å². The molecule has 2 fully saturated rings. The second-order valence-electron chi connectivity index (χ2n) is 9.05. The quantitative estimate of drug-likeness (QED) is 0.470. The second kappa shape index (κ2) is 9.18. The first-order valence-electron chi connectivity index (χ1n) is 11.6. The van der Waals surface area contributed by atoms with Gasteiger partial charge in [0.15, 0.2) is 5.11 Å². The number of aromatic nitrogens is 2. The maximum Gasteiger partial charge on any atom is 0.226 e. The van der Waals surface area contributed by atoms with Crippen LogP contribution in [0.4, 0.5) is 10.1 Å². The van der Waals surface area contributed by atoms with E-state index in [0.717, 1.165) is 5.69 Å². The van der Waals surface area contributed by atoms with Crippen molar-refractivity contribution in [3.8, 4) is 0 Å². The molecule has 8 heteroatoms. The zero-order valence-electron chi connectivity index (χ0n) is 19.3. The average molecular weight is 478 g/mol. The molecule has 0 unspecified atom stereocenters. The molecule has 176 valence electrons. The molecule has 0 bridgehead atoms. The fourth-order valence-electron chi connectivity index (χ4n) is 4.96. The molecule has 3 heterocycles. The molecule has 1 aliphatic carbocycles. The molecule has 1 saturated heterocycles. The van der Waals surface area contributed by atoms with Crippen LogP contribution < -0.4 is 10.6 Å². The minimum Gasteiger partial charge on any atom is -0.352 e. The largest absolute Gasteiger partial charge is 0.352 e. The fraction of sp³-hybridized carbons (Fsp3) is 0.346. The van der Waals surface area contributed by atoms with Crippen LogP contribution >= 0.6 is 12.2 Å². The molecule has 1 aliphatic heterocycles. The van der Waals surface area contributed by atoms with Gasteiger partial charge in [0.25, 0.3) is 0 Å². The van der Waals surface area contributed by atoms with Gasteiger partial charge in [-0.1, -0.05) is 6.07 Å². The molecule has 1 amide bonds. The molecular weight excluding hydrogens is 449 g/mol. The summed E-state index contributed by atoms with van der Waals surface area (Å²) < 4.78 is 15.6. The number of nitrogens with one attached hydrogen (secondary N) is 2. The molecule has 3 aromatic rings. The van der Waals surface area contributed by atoms with Crippen molar-refractivity contribution >= 4 is 28.9 Å². The first kappa shape index (κ1) is 22.5. The lowest BCUT2D eigenvalue weighted by atomic mass is 9.96. The lowest BCUT2D eigenvalue weighted by Crippen LogP contribution is -2.32. The summed E-state index contributed by atoms with van der Waals surface area (Å²) in [5.41, 5.74) is 5.21. The van der Waals surface area contributed by atoms with Crippen LogP contribution in [0.25, 0.3) is 0 Å². The number of anilines is 1. The molecule has 0 spiro atoms. The molecule has 1 aromatic carbocycles. The van der Waals surface area contributed by atoms with Crippen molar-refractivity contribution in [3.05, 3.63) is 83.2 Å². The fourth-order valence-corrected chi connectivity index (χ4v) is 5.29. The summed E-state index contributed by atoms with van der Waals surface area (Å²) in [5, 5.41) is 6.92. The minimum atomic E-state index is -0.335. The Hall–Kier alpha value is -3.26. The van der Waals surface area contributed by atoms with E-state index >= 15 is 0 Å². The summed E-state index contributed by atoms with van der Waals surface area (Å²) in [5.74, 6) is -0.475. The summed E-state index contributed by atoms with van der Waals surface area (Å²) in [7, 11) is 0. The van der Waals surface area contributed by atoms with E-state index in [4.69, 9.17) is 12.2 Å². The van der Waals surface area contributed by atoms with Crippen molar-refractivity contribution in [1.82, 2.24) is 19.8 Å². The van der Waals surface area contributed by atoms with E-state index in [2.05, 4.69) is 45.0 Å². The summed E-state index contributed by atoms with van der Waals surface area (Å²) in [6, 6.07) is 14.3. The Kier molecular flexibility index (Phi) is 6.08. The van der Waals surface area contributed by atoms with Crippen LogP contribution in [-0.2, 0) is 4.79 Å². The van der Waals surface area contributed by atoms with Crippen LogP contribution in [0.5, 0.6) is 0 Å². The van der Waals surface area contributed by atoms with Crippen LogP contribution in [-0.4, -0.2) is 32.0 Å². The number of hydrogen-bond donors (Lipinski definition) is 2. The number of aryl methyl sites for hydroxylation is 1. The number of thiocarbonyl (C=S) groups is 1. The Bertz CT molecular complexity index is 1210. The third-order valence-electron chi connectivity index (χ3n) is 6.66. The number of halogens is 1. The molecule has 2 aliphatic rings. The molecule has 2 aromatic heterocycles. The number of amides is 1. The second-order valence-corrected chi connectivity index (χ2v) is 9.44. The van der Waals surface area contributed by atoms with Crippen molar-refractivity contribution in [3.63, 3.8) is 0 Å². The maximum atomic E-state index is 13.2. The number of rotatable bonds is 7. The van der Waals surface area contributed by atoms with Crippen LogP contribution in [0.1, 0.15) is 60.0 Å². The van der Waals surface area contributed by atoms with E-state index in [1.54, 1.807) is 18.3 Å². The van der Waals surface area contributed by atoms with Gasteiger partial charge in [0.05, 0.1) is 17.8 Å². The van der Waals surface area contributed by atoms with Gasteiger partial charge in [-0.2, -0.15) is 0 Å². The monoisotopic (exact) mass is 477 g/mol. The Morgan fingerprint density at radius 3 is 2.65 bits per heavy atom. The topological polar surface area (TPSA) is 62.2 Å². The van der Waals surface area contributed by atoms with Gasteiger partial charge in [-0.15, -0.1) is 0 Å². The molecule has 6 nitrogen and oxygen atoms in total. The van der Waals surface area contributed by atoms with Crippen LogP contribution in [0.3, 0.4) is 0 Å². The normalized spacial score (nSPS) is 19.9. The molecule has 2 N–H and O–H groups in total. The number of nitrogens with zero attached hydrogens (tertiary/aromatic N) is 3. The van der Waals surface area contributed by atoms with Crippen molar-refractivity contribution in [1.29, 1.82) is 0 Å². The van der Waals surface area contributed by atoms with Crippen molar-refractivity contribution in [2.75, 3.05) is 11.9 Å². The SMILES string of the molecule is Cc1cc([C@@H]2[C@H](c3ccccn3)NC(=S)N2CCC(=O)Nc2ccc(F)cc2)c(C)n1C1CC1. The standard InChI is InChI=1S/C26H28FN5OS/c1-16-15-21(17(2)32(16)20-10-11-20)25-24(22-5-3-4-13-28-22)30-26(34)31(25)14-12-23(33)29-19-8-6-18(27)7-9-19/h3-9,13,15,20,24-25H,10-12,14H2,1-2H3,(H,29,33)(H,30,34)/t24-,25+/m0/s1. The molecule has 5 rings (SSSR count). The van der Waals surface area contributed by atoms with Gasteiger partial charge in [0, 0.05) is 42.3 Å². The lowest BCUT2D eigenvalue weighted by molar-refractivity contribution is -0.116. The van der Waals surface area contributed by atoms with E-state index in [-0.39, 0.29) is 30.2 Å². The minimum absolute atomic E-state index is 0.0697. The highest BCUT2D eigenvalue weighted by Crippen LogP contribution is 2.44. The predicted octanol–water partition coefficient (Wildman–Crippen LogP) is 4.98. The van der Waals surface area contributed by atoms with Gasteiger partial charge in [-0.25, -0.2) is 4.39 Å². The van der Waals surface area contributed by atoms with E-state index in [1.165, 1.54) is 41.9 Å².